The lowest BCUT2D eigenvalue weighted by atomic mass is 9.90. The van der Waals surface area contributed by atoms with E-state index in [0.717, 1.165) is 17.7 Å². The van der Waals surface area contributed by atoms with E-state index in [0.29, 0.717) is 48.7 Å². The molecule has 0 amide bonds. The van der Waals surface area contributed by atoms with Gasteiger partial charge >= 0.3 is 12.1 Å². The van der Waals surface area contributed by atoms with E-state index in [1.807, 2.05) is 35.2 Å². The number of ether oxygens (including phenoxy) is 3. The van der Waals surface area contributed by atoms with E-state index in [4.69, 9.17) is 25.8 Å². The van der Waals surface area contributed by atoms with Gasteiger partial charge in [0.2, 0.25) is 5.75 Å². The molecule has 39 heavy (non-hydrogen) atoms. The summed E-state index contributed by atoms with van der Waals surface area (Å²) >= 11 is 6.51. The Labute approximate surface area is 229 Å². The second-order valence-corrected chi connectivity index (χ2v) is 9.72. The highest BCUT2D eigenvalue weighted by Crippen LogP contribution is 2.45. The lowest BCUT2D eigenvalue weighted by Crippen LogP contribution is -2.39. The number of hydrogen-bond donors (Lipinski definition) is 1. The molecule has 0 spiro atoms. The standard InChI is InChI=1S/C29H29ClF3NO5/c1-37-24-14-20(15-25(38-2)27(24)39-17-18-6-4-3-5-7-18)26(34-12-10-19(11-13-34)28(35)36)22-16-21(29(31,32)33)8-9-23(22)30/h3-9,14-16,19,26H,10-13,17H2,1-2H3,(H,35,36). The Morgan fingerprint density at radius 1 is 1.03 bits per heavy atom. The van der Waals surface area contributed by atoms with Gasteiger partial charge in [-0.25, -0.2) is 0 Å². The predicted octanol–water partition coefficient (Wildman–Crippen LogP) is 6.84. The maximum atomic E-state index is 13.7. The zero-order valence-corrected chi connectivity index (χ0v) is 22.3. The lowest BCUT2D eigenvalue weighted by Gasteiger charge is -2.38. The molecule has 0 aromatic heterocycles. The Bertz CT molecular complexity index is 1270. The fraction of sp³-hybridized carbons (Fsp3) is 0.345. The van der Waals surface area contributed by atoms with Gasteiger partial charge in [-0.05, 0) is 73.0 Å². The fourth-order valence-corrected chi connectivity index (χ4v) is 5.07. The lowest BCUT2D eigenvalue weighted by molar-refractivity contribution is -0.143. The van der Waals surface area contributed by atoms with E-state index in [1.54, 1.807) is 12.1 Å². The van der Waals surface area contributed by atoms with Crippen molar-refractivity contribution >= 4 is 17.6 Å². The van der Waals surface area contributed by atoms with Crippen LogP contribution in [-0.2, 0) is 17.6 Å². The number of carboxylic acid groups (broad SMARTS) is 1. The fourth-order valence-electron chi connectivity index (χ4n) is 4.85. The molecule has 1 atom stereocenters. The van der Waals surface area contributed by atoms with Crippen LogP contribution in [0.25, 0.3) is 0 Å². The van der Waals surface area contributed by atoms with Gasteiger partial charge in [0, 0.05) is 5.02 Å². The minimum Gasteiger partial charge on any atom is -0.493 e. The van der Waals surface area contributed by atoms with Gasteiger partial charge in [-0.3, -0.25) is 9.69 Å². The topological polar surface area (TPSA) is 68.2 Å². The van der Waals surface area contributed by atoms with Crippen molar-refractivity contribution in [1.82, 2.24) is 4.90 Å². The third-order valence-corrected chi connectivity index (χ3v) is 7.23. The molecule has 1 fully saturated rings. The average Bonchev–Trinajstić information content (AvgIpc) is 2.93. The van der Waals surface area contributed by atoms with Crippen LogP contribution in [0, 0.1) is 5.92 Å². The number of nitrogens with zero attached hydrogens (tertiary/aromatic N) is 1. The number of halogens is 4. The summed E-state index contributed by atoms with van der Waals surface area (Å²) in [6.07, 6.45) is -3.85. The Balaban J connectivity index is 1.79. The van der Waals surface area contributed by atoms with E-state index in [1.165, 1.54) is 20.3 Å². The average molecular weight is 564 g/mol. The van der Waals surface area contributed by atoms with Gasteiger partial charge in [-0.15, -0.1) is 0 Å². The largest absolute Gasteiger partial charge is 0.493 e. The predicted molar refractivity (Wildman–Crippen MR) is 141 cm³/mol. The molecule has 6 nitrogen and oxygen atoms in total. The molecule has 1 aliphatic heterocycles. The maximum absolute atomic E-state index is 13.7. The molecule has 10 heteroatoms. The first kappa shape index (κ1) is 28.6. The molecule has 1 aliphatic rings. The molecule has 0 saturated carbocycles. The van der Waals surface area contributed by atoms with Crippen molar-refractivity contribution in [2.75, 3.05) is 27.3 Å². The molecule has 0 aliphatic carbocycles. The van der Waals surface area contributed by atoms with Gasteiger partial charge in [0.1, 0.15) is 6.61 Å². The van der Waals surface area contributed by atoms with Crippen LogP contribution in [-0.4, -0.2) is 43.3 Å². The van der Waals surface area contributed by atoms with Crippen molar-refractivity contribution in [3.8, 4) is 17.2 Å². The van der Waals surface area contributed by atoms with Crippen LogP contribution in [0.15, 0.2) is 60.7 Å². The summed E-state index contributed by atoms with van der Waals surface area (Å²) in [6, 6.07) is 15.4. The van der Waals surface area contributed by atoms with Crippen LogP contribution < -0.4 is 14.2 Å². The summed E-state index contributed by atoms with van der Waals surface area (Å²) in [4.78, 5) is 13.5. The summed E-state index contributed by atoms with van der Waals surface area (Å²) in [7, 11) is 2.94. The maximum Gasteiger partial charge on any atom is 0.416 e. The van der Waals surface area contributed by atoms with Crippen LogP contribution in [0.3, 0.4) is 0 Å². The summed E-state index contributed by atoms with van der Waals surface area (Å²) < 4.78 is 58.4. The Morgan fingerprint density at radius 2 is 1.64 bits per heavy atom. The molecule has 208 valence electrons. The monoisotopic (exact) mass is 563 g/mol. The van der Waals surface area contributed by atoms with Crippen LogP contribution in [0.1, 0.15) is 41.1 Å². The number of piperidine rings is 1. The van der Waals surface area contributed by atoms with Crippen LogP contribution >= 0.6 is 11.6 Å². The van der Waals surface area contributed by atoms with Crippen molar-refractivity contribution < 1.29 is 37.3 Å². The second-order valence-electron chi connectivity index (χ2n) is 9.31. The van der Waals surface area contributed by atoms with Crippen LogP contribution in [0.2, 0.25) is 5.02 Å². The number of hydrogen-bond acceptors (Lipinski definition) is 5. The van der Waals surface area contributed by atoms with Gasteiger partial charge in [-0.2, -0.15) is 13.2 Å². The molecule has 3 aromatic carbocycles. The van der Waals surface area contributed by atoms with Gasteiger partial charge in [0.15, 0.2) is 11.5 Å². The highest BCUT2D eigenvalue weighted by molar-refractivity contribution is 6.31. The van der Waals surface area contributed by atoms with Crippen molar-refractivity contribution in [3.05, 3.63) is 87.9 Å². The number of rotatable bonds is 9. The highest BCUT2D eigenvalue weighted by atomic mass is 35.5. The summed E-state index contributed by atoms with van der Waals surface area (Å²) in [5, 5.41) is 9.62. The first-order valence-corrected chi connectivity index (χ1v) is 12.8. The van der Waals surface area contributed by atoms with E-state index >= 15 is 0 Å². The zero-order valence-electron chi connectivity index (χ0n) is 21.5. The molecule has 1 N–H and O–H groups in total. The van der Waals surface area contributed by atoms with E-state index < -0.39 is 29.7 Å². The molecule has 1 heterocycles. The van der Waals surface area contributed by atoms with Gasteiger partial charge in [-0.1, -0.05) is 41.9 Å². The summed E-state index contributed by atoms with van der Waals surface area (Å²) in [5.74, 6) is -0.364. The van der Waals surface area contributed by atoms with Gasteiger partial charge < -0.3 is 19.3 Å². The van der Waals surface area contributed by atoms with Gasteiger partial charge in [0.05, 0.1) is 31.7 Å². The molecule has 1 unspecified atom stereocenters. The van der Waals surface area contributed by atoms with E-state index in [-0.39, 0.29) is 17.2 Å². The third kappa shape index (κ3) is 6.59. The van der Waals surface area contributed by atoms with Crippen molar-refractivity contribution in [1.29, 1.82) is 0 Å². The van der Waals surface area contributed by atoms with E-state index in [2.05, 4.69) is 0 Å². The Hall–Kier alpha value is -3.43. The van der Waals surface area contributed by atoms with Crippen LogP contribution in [0.4, 0.5) is 13.2 Å². The first-order chi connectivity index (χ1) is 18.6. The smallest absolute Gasteiger partial charge is 0.416 e. The highest BCUT2D eigenvalue weighted by Gasteiger charge is 2.35. The normalized spacial score (nSPS) is 15.5. The minimum absolute atomic E-state index is 0.163. The molecule has 3 aromatic rings. The molecule has 4 rings (SSSR count). The van der Waals surface area contributed by atoms with Crippen molar-refractivity contribution in [2.24, 2.45) is 5.92 Å². The minimum atomic E-state index is -4.56. The third-order valence-electron chi connectivity index (χ3n) is 6.89. The number of carboxylic acids is 1. The number of carbonyl (C=O) groups is 1. The molecular weight excluding hydrogens is 535 g/mol. The summed E-state index contributed by atoms with van der Waals surface area (Å²) in [5.41, 5.74) is 0.933. The van der Waals surface area contributed by atoms with Crippen molar-refractivity contribution in [2.45, 2.75) is 31.7 Å². The first-order valence-electron chi connectivity index (χ1n) is 12.4. The SMILES string of the molecule is COc1cc(C(c2cc(C(F)(F)F)ccc2Cl)N2CCC(C(=O)O)CC2)cc(OC)c1OCc1ccccc1. The number of likely N-dealkylation sites (tertiary alicyclic amines) is 1. The zero-order chi connectivity index (χ0) is 28.2. The number of alkyl halides is 3. The molecule has 0 radical (unpaired) electrons. The number of aliphatic carboxylic acids is 1. The Kier molecular flexibility index (Phi) is 8.92. The summed E-state index contributed by atoms with van der Waals surface area (Å²) in [6.45, 7) is 0.953. The quantitative estimate of drug-likeness (QED) is 0.307. The number of benzene rings is 3. The molecule has 0 bridgehead atoms. The molecular formula is C29H29ClF3NO5. The molecule has 1 saturated heterocycles. The van der Waals surface area contributed by atoms with E-state index in [9.17, 15) is 23.1 Å². The Morgan fingerprint density at radius 3 is 2.18 bits per heavy atom. The van der Waals surface area contributed by atoms with Gasteiger partial charge in [0.25, 0.3) is 0 Å². The number of methoxy groups -OCH3 is 2. The van der Waals surface area contributed by atoms with Crippen molar-refractivity contribution in [3.63, 3.8) is 0 Å². The van der Waals surface area contributed by atoms with Crippen LogP contribution in [0.5, 0.6) is 17.2 Å². The second kappa shape index (κ2) is 12.2.